The quantitative estimate of drug-likeness (QED) is 0.0764. The van der Waals surface area contributed by atoms with E-state index in [9.17, 15) is 29.4 Å². The van der Waals surface area contributed by atoms with E-state index in [0.29, 0.717) is 11.1 Å². The largest absolute Gasteiger partial charge is 4.00 e. The third kappa shape index (κ3) is 15.7. The van der Waals surface area contributed by atoms with Gasteiger partial charge in [-0.2, -0.15) is 0 Å². The Morgan fingerprint density at radius 3 is 1.16 bits per heavy atom. The molecular formula is C60H58N8O9Pt2+8. The number of rotatable bonds is 10. The second kappa shape index (κ2) is 30.2. The van der Waals surface area contributed by atoms with Crippen molar-refractivity contribution in [3.05, 3.63) is 265 Å². The first-order valence-corrected chi connectivity index (χ1v) is 23.9. The van der Waals surface area contributed by atoms with Crippen LogP contribution in [0.1, 0.15) is 43.0 Å². The number of hydrogen-bond donors (Lipinski definition) is 6. The zero-order chi connectivity index (χ0) is 51.2. The molecule has 4 aliphatic heterocycles. The van der Waals surface area contributed by atoms with Crippen molar-refractivity contribution in [1.82, 2.24) is 30.6 Å². The molecule has 404 valence electrons. The molecule has 0 radical (unpaired) electrons. The summed E-state index contributed by atoms with van der Waals surface area (Å²) in [5, 5.41) is 34.3. The third-order valence-electron chi connectivity index (χ3n) is 12.3. The molecule has 4 aliphatic rings. The van der Waals surface area contributed by atoms with Crippen LogP contribution in [0, 0.1) is 0 Å². The number of benzene rings is 6. The number of allylic oxidation sites excluding steroid dienone is 4. The molecule has 0 saturated heterocycles. The Labute approximate surface area is 484 Å². The summed E-state index contributed by atoms with van der Waals surface area (Å²) >= 11 is 0. The maximum Gasteiger partial charge on any atom is 4.00 e. The van der Waals surface area contributed by atoms with E-state index in [2.05, 4.69) is 126 Å². The number of carboxylic acids is 2. The van der Waals surface area contributed by atoms with Crippen LogP contribution in [-0.2, 0) is 64.6 Å². The molecule has 19 heteroatoms. The van der Waals surface area contributed by atoms with Gasteiger partial charge < -0.3 is 47.2 Å². The van der Waals surface area contributed by atoms with Gasteiger partial charge in [-0.3, -0.25) is 29.6 Å². The van der Waals surface area contributed by atoms with E-state index in [4.69, 9.17) is 0 Å². The van der Waals surface area contributed by atoms with Crippen molar-refractivity contribution >= 4 is 69.1 Å². The van der Waals surface area contributed by atoms with Crippen molar-refractivity contribution in [2.75, 3.05) is 10.0 Å². The second-order valence-corrected chi connectivity index (χ2v) is 17.2. The summed E-state index contributed by atoms with van der Waals surface area (Å²) in [5.74, 6) is -2.89. The van der Waals surface area contributed by atoms with Gasteiger partial charge in [-0.1, -0.05) is 109 Å². The molecule has 2 atom stereocenters. The van der Waals surface area contributed by atoms with Crippen LogP contribution in [0.4, 0.5) is 11.4 Å². The van der Waals surface area contributed by atoms with Crippen molar-refractivity contribution < 1.29 is 88.0 Å². The van der Waals surface area contributed by atoms with Crippen LogP contribution >= 0.6 is 0 Å². The maximum atomic E-state index is 12.2. The zero-order valence-electron chi connectivity index (χ0n) is 42.1. The molecule has 0 spiro atoms. The minimum absolute atomic E-state index is 0. The van der Waals surface area contributed by atoms with Gasteiger partial charge in [0.05, 0.1) is 11.4 Å². The van der Waals surface area contributed by atoms with Crippen molar-refractivity contribution in [3.8, 4) is 0 Å². The number of fused-ring (bicyclic) bond motifs is 8. The molecule has 0 bridgehead atoms. The number of anilines is 2. The maximum absolute atomic E-state index is 12.2. The molecule has 12 rings (SSSR count). The van der Waals surface area contributed by atoms with Crippen molar-refractivity contribution in [2.24, 2.45) is 0 Å². The molecule has 2 aromatic heterocycles. The zero-order valence-corrected chi connectivity index (χ0v) is 46.7. The summed E-state index contributed by atoms with van der Waals surface area (Å²) in [6.07, 6.45) is 28.7. The van der Waals surface area contributed by atoms with Gasteiger partial charge in [-0.25, -0.2) is 9.59 Å². The molecule has 0 aliphatic carbocycles. The molecule has 0 saturated carbocycles. The summed E-state index contributed by atoms with van der Waals surface area (Å²) < 4.78 is 0. The Balaban J connectivity index is 0.000000227. The molecule has 17 nitrogen and oxygen atoms in total. The number of nitrogens with zero attached hydrogens (tertiary/aromatic N) is 4. The molecule has 6 aromatic carbocycles. The van der Waals surface area contributed by atoms with Crippen LogP contribution in [-0.4, -0.2) is 82.5 Å². The summed E-state index contributed by atoms with van der Waals surface area (Å²) in [6.45, 7) is 0. The first kappa shape index (κ1) is 62.7. The topological polar surface area (TPSA) is 272 Å². The number of carboxylic acid groups (broad SMARTS) is 2. The Bertz CT molecular complexity index is 3260. The van der Waals surface area contributed by atoms with Crippen LogP contribution in [0.3, 0.4) is 0 Å². The minimum atomic E-state index is -1.06. The molecular weight excluding hydrogens is 1370 g/mol. The first-order chi connectivity index (χ1) is 36.2. The van der Waals surface area contributed by atoms with Gasteiger partial charge in [0, 0.05) is 106 Å². The van der Waals surface area contributed by atoms with E-state index in [1.807, 2.05) is 85.2 Å². The Morgan fingerprint density at radius 1 is 0.430 bits per heavy atom. The fraction of sp³-hybridized carbons (Fsp3) is 0.0667. The number of hydrogen-bond acceptors (Lipinski definition) is 8. The predicted molar refractivity (Wildman–Crippen MR) is 302 cm³/mol. The number of aliphatic carboxylic acids is 2. The van der Waals surface area contributed by atoms with Gasteiger partial charge in [0.25, 0.3) is 11.8 Å². The van der Waals surface area contributed by atoms with Gasteiger partial charge in [0.15, 0.2) is 0 Å². The molecule has 8 aromatic rings. The van der Waals surface area contributed by atoms with E-state index in [-0.39, 0.29) is 71.4 Å². The average molecular weight is 1430 g/mol. The van der Waals surface area contributed by atoms with Gasteiger partial charge in [-0.15, -0.1) is 0 Å². The Kier molecular flexibility index (Phi) is 24.0. The van der Waals surface area contributed by atoms with Crippen LogP contribution in [0.15, 0.2) is 232 Å². The van der Waals surface area contributed by atoms with Crippen molar-refractivity contribution in [2.45, 2.75) is 24.9 Å². The van der Waals surface area contributed by atoms with E-state index in [0.717, 1.165) is 32.9 Å². The minimum Gasteiger partial charge on any atom is -0.480 e. The molecule has 2 unspecified atom stereocenters. The molecule has 6 heterocycles. The summed E-state index contributed by atoms with van der Waals surface area (Å²) in [5.41, 5.74) is 9.44. The smallest absolute Gasteiger partial charge is 0.480 e. The number of aromatic amines is 2. The summed E-state index contributed by atoms with van der Waals surface area (Å²) in [6, 6.07) is 47.3. The van der Waals surface area contributed by atoms with Crippen LogP contribution in [0.25, 0.3) is 34.0 Å². The fourth-order valence-electron chi connectivity index (χ4n) is 8.58. The molecule has 2 amide bonds. The number of para-hydroxylation sites is 4. The number of carbonyl (C=O) groups is 4. The number of aromatic nitrogens is 2. The first-order valence-electron chi connectivity index (χ1n) is 23.9. The number of hydrazine groups is 2. The number of H-pyrrole nitrogens is 2. The number of carbonyl (C=O) groups excluding carboxylic acids is 2. The average Bonchev–Trinajstić information content (AvgIpc) is 4.07. The number of nitrogens with one attached hydrogen (secondary N) is 4. The summed E-state index contributed by atoms with van der Waals surface area (Å²) in [7, 11) is 0. The normalized spacial score (nSPS) is 13.0. The van der Waals surface area contributed by atoms with Gasteiger partial charge in [-0.05, 0) is 96.1 Å². The monoisotopic (exact) mass is 1420 g/mol. The van der Waals surface area contributed by atoms with Gasteiger partial charge in [0.1, 0.15) is 12.1 Å². The predicted octanol–water partition coefficient (Wildman–Crippen LogP) is 8.18. The standard InChI is InChI=1S/2C18H16N2O3.2C12H10N2.3H2O.2Pt/c2*21-17(12-6-2-1-3-7-12)20-16(18(22)23)10-13-11-19-15-9-5-4-8-14(13)15;2*1-2-6-12-11(5-1)7-10-13-8-3-4-9-14(12)13;;;;;/h2*1-9,11,16,19H,10H2,(H,20,21)(H,22,23);2*1-10H;3*1H2;;/q;;;;;;;2*+4. The van der Waals surface area contributed by atoms with Crippen molar-refractivity contribution in [3.63, 3.8) is 0 Å². The van der Waals surface area contributed by atoms with E-state index < -0.39 is 35.8 Å². The van der Waals surface area contributed by atoms with Crippen LogP contribution in [0.5, 0.6) is 0 Å². The Morgan fingerprint density at radius 2 is 0.772 bits per heavy atom. The Hall–Kier alpha value is -8.82. The van der Waals surface area contributed by atoms with E-state index in [1.165, 1.54) is 22.5 Å². The summed E-state index contributed by atoms with van der Waals surface area (Å²) in [4.78, 5) is 53.6. The van der Waals surface area contributed by atoms with Crippen LogP contribution < -0.4 is 20.7 Å². The number of amides is 2. The fourth-order valence-corrected chi connectivity index (χ4v) is 8.58. The van der Waals surface area contributed by atoms with Crippen LogP contribution in [0.2, 0.25) is 0 Å². The van der Waals surface area contributed by atoms with E-state index in [1.54, 1.807) is 73.1 Å². The van der Waals surface area contributed by atoms with Crippen molar-refractivity contribution in [1.29, 1.82) is 0 Å². The SMILES string of the molecule is C1=CN2C=Cc3ccccc3N2C=C1.C1=CN2C=Cc3ccccc3N2C=C1.O.O.O.O=C(NC(Cc1c[nH]c2ccccc12)C(=O)O)c1ccccc1.O=C(NC(Cc1c[nH]c2ccccc12)C(=O)O)c1ccccc1.[Pt+4].[Pt+4]. The van der Waals surface area contributed by atoms with Gasteiger partial charge in [0.2, 0.25) is 0 Å². The molecule has 79 heavy (non-hydrogen) atoms. The van der Waals surface area contributed by atoms with E-state index >= 15 is 0 Å². The molecule has 12 N–H and O–H groups in total. The molecule has 0 fully saturated rings. The third-order valence-corrected chi connectivity index (χ3v) is 12.3. The second-order valence-electron chi connectivity index (χ2n) is 17.2. The van der Waals surface area contributed by atoms with Gasteiger partial charge >= 0.3 is 54.1 Å².